The molecule has 0 radical (unpaired) electrons. The summed E-state index contributed by atoms with van der Waals surface area (Å²) in [5.41, 5.74) is 4.03. The summed E-state index contributed by atoms with van der Waals surface area (Å²) in [5.74, 6) is 2.42. The van der Waals surface area contributed by atoms with Crippen LogP contribution in [0.25, 0.3) is 11.3 Å². The Balaban J connectivity index is 1.78. The molecule has 0 atom stereocenters. The van der Waals surface area contributed by atoms with Crippen LogP contribution < -0.4 is 19.0 Å². The van der Waals surface area contributed by atoms with Crippen LogP contribution in [-0.4, -0.2) is 30.9 Å². The van der Waals surface area contributed by atoms with E-state index in [0.29, 0.717) is 0 Å². The monoisotopic (exact) mass is 447 g/mol. The maximum atomic E-state index is 5.65. The van der Waals surface area contributed by atoms with Crippen molar-refractivity contribution in [3.63, 3.8) is 0 Å². The maximum absolute atomic E-state index is 5.65. The van der Waals surface area contributed by atoms with Gasteiger partial charge in [0.2, 0.25) is 0 Å². The fourth-order valence-corrected chi connectivity index (χ4v) is 4.37. The molecule has 0 spiro atoms. The molecule has 0 amide bonds. The van der Waals surface area contributed by atoms with E-state index in [1.807, 2.05) is 42.5 Å². The fourth-order valence-electron chi connectivity index (χ4n) is 3.43. The first-order valence-corrected chi connectivity index (χ1v) is 11.1. The molecule has 0 bridgehead atoms. The normalized spacial score (nSPS) is 11.4. The molecule has 0 N–H and O–H groups in total. The second-order valence-electron chi connectivity index (χ2n) is 7.04. The minimum Gasteiger partial charge on any atom is -0.497 e. The van der Waals surface area contributed by atoms with Gasteiger partial charge in [0.05, 0.1) is 38.9 Å². The lowest BCUT2D eigenvalue weighted by Gasteiger charge is -2.14. The number of rotatable bonds is 8. The van der Waals surface area contributed by atoms with Crippen LogP contribution in [0.2, 0.25) is 0 Å². The first-order valence-electron chi connectivity index (χ1n) is 10.2. The smallest absolute Gasteiger partial charge is 0.190 e. The number of aryl methyl sites for hydroxylation is 1. The van der Waals surface area contributed by atoms with E-state index in [1.165, 1.54) is 5.56 Å². The van der Waals surface area contributed by atoms with Gasteiger partial charge in [-0.2, -0.15) is 0 Å². The molecule has 0 fully saturated rings. The van der Waals surface area contributed by atoms with Crippen LogP contribution in [0, 0.1) is 0 Å². The van der Waals surface area contributed by atoms with E-state index in [2.05, 4.69) is 27.1 Å². The van der Waals surface area contributed by atoms with E-state index in [-0.39, 0.29) is 0 Å². The average molecular weight is 448 g/mol. The lowest BCUT2D eigenvalue weighted by molar-refractivity contribution is 0.404. The Morgan fingerprint density at radius 3 is 2.41 bits per heavy atom. The summed E-state index contributed by atoms with van der Waals surface area (Å²) in [7, 11) is 5.02. The van der Waals surface area contributed by atoms with E-state index >= 15 is 0 Å². The molecular formula is C25H25N3O3S. The van der Waals surface area contributed by atoms with Crippen LogP contribution >= 0.6 is 11.3 Å². The van der Waals surface area contributed by atoms with Crippen LogP contribution in [0.1, 0.15) is 5.56 Å². The van der Waals surface area contributed by atoms with Gasteiger partial charge in [0.25, 0.3) is 0 Å². The molecule has 2 aromatic heterocycles. The highest BCUT2D eigenvalue weighted by atomic mass is 32.1. The summed E-state index contributed by atoms with van der Waals surface area (Å²) in [6.45, 7) is 0.755. The first-order chi connectivity index (χ1) is 15.7. The van der Waals surface area contributed by atoms with Gasteiger partial charge in [0.1, 0.15) is 17.2 Å². The van der Waals surface area contributed by atoms with Gasteiger partial charge in [-0.1, -0.05) is 12.1 Å². The number of methoxy groups -OCH3 is 3. The molecule has 2 aromatic carbocycles. The predicted molar refractivity (Wildman–Crippen MR) is 127 cm³/mol. The third-order valence-electron chi connectivity index (χ3n) is 5.13. The Morgan fingerprint density at radius 1 is 0.938 bits per heavy atom. The summed E-state index contributed by atoms with van der Waals surface area (Å²) in [6.07, 6.45) is 4.36. The van der Waals surface area contributed by atoms with Gasteiger partial charge >= 0.3 is 0 Å². The number of hydrogen-bond donors (Lipinski definition) is 0. The molecule has 2 heterocycles. The third-order valence-corrected chi connectivity index (χ3v) is 6.00. The van der Waals surface area contributed by atoms with Crippen molar-refractivity contribution in [1.82, 2.24) is 9.55 Å². The molecule has 0 saturated carbocycles. The Hall–Kier alpha value is -3.58. The minimum atomic E-state index is 0.755. The summed E-state index contributed by atoms with van der Waals surface area (Å²) in [6, 6.07) is 17.8. The molecule has 0 saturated heterocycles. The largest absolute Gasteiger partial charge is 0.497 e. The zero-order valence-electron chi connectivity index (χ0n) is 18.3. The number of aromatic nitrogens is 2. The Bertz CT molecular complexity index is 1230. The van der Waals surface area contributed by atoms with Gasteiger partial charge in [-0.15, -0.1) is 11.3 Å². The van der Waals surface area contributed by atoms with Crippen molar-refractivity contribution in [2.24, 2.45) is 4.99 Å². The van der Waals surface area contributed by atoms with Gasteiger partial charge in [0.15, 0.2) is 4.80 Å². The molecular weight excluding hydrogens is 422 g/mol. The number of hydrogen-bond acceptors (Lipinski definition) is 6. The highest BCUT2D eigenvalue weighted by Gasteiger charge is 2.14. The molecule has 7 heteroatoms. The van der Waals surface area contributed by atoms with E-state index in [0.717, 1.165) is 52.0 Å². The number of nitrogens with zero attached hydrogens (tertiary/aromatic N) is 3. The van der Waals surface area contributed by atoms with Crippen LogP contribution in [0.3, 0.4) is 0 Å². The lowest BCUT2D eigenvalue weighted by atomic mass is 10.1. The summed E-state index contributed by atoms with van der Waals surface area (Å²) in [4.78, 5) is 9.94. The standard InChI is InChI=1S/C25H25N3O3S/c1-29-20-8-6-18(7-9-20)12-14-28-23(22-15-21(30-2)10-11-24(22)31-3)17-32-25(28)27-19-5-4-13-26-16-19/h4-11,13,15-17H,12,14H2,1-3H3. The quantitative estimate of drug-likeness (QED) is 0.377. The van der Waals surface area contributed by atoms with Gasteiger partial charge in [-0.3, -0.25) is 4.98 Å². The van der Waals surface area contributed by atoms with Crippen LogP contribution in [0.5, 0.6) is 17.2 Å². The van der Waals surface area contributed by atoms with Crippen molar-refractivity contribution in [2.45, 2.75) is 13.0 Å². The van der Waals surface area contributed by atoms with Gasteiger partial charge < -0.3 is 18.8 Å². The van der Waals surface area contributed by atoms with Crippen LogP contribution in [-0.2, 0) is 13.0 Å². The van der Waals surface area contributed by atoms with E-state index < -0.39 is 0 Å². The fraction of sp³-hybridized carbons (Fsp3) is 0.200. The second kappa shape index (κ2) is 10.2. The van der Waals surface area contributed by atoms with Gasteiger partial charge in [0, 0.05) is 23.7 Å². The lowest BCUT2D eigenvalue weighted by Crippen LogP contribution is -2.17. The van der Waals surface area contributed by atoms with Crippen molar-refractivity contribution in [3.8, 4) is 28.5 Å². The molecule has 164 valence electrons. The summed E-state index contributed by atoms with van der Waals surface area (Å²) < 4.78 is 18.6. The van der Waals surface area contributed by atoms with E-state index in [1.54, 1.807) is 45.1 Å². The maximum Gasteiger partial charge on any atom is 0.190 e. The van der Waals surface area contributed by atoms with Crippen LogP contribution in [0.15, 0.2) is 77.4 Å². The Kier molecular flexibility index (Phi) is 6.87. The number of ether oxygens (including phenoxy) is 3. The SMILES string of the molecule is COc1ccc(CCn2c(-c3cc(OC)ccc3OC)csc2=Nc2cccnc2)cc1. The molecule has 4 aromatic rings. The van der Waals surface area contributed by atoms with E-state index in [9.17, 15) is 0 Å². The van der Waals surface area contributed by atoms with E-state index in [4.69, 9.17) is 19.2 Å². The van der Waals surface area contributed by atoms with Crippen molar-refractivity contribution < 1.29 is 14.2 Å². The number of benzene rings is 2. The predicted octanol–water partition coefficient (Wildman–Crippen LogP) is 5.11. The molecule has 0 aliphatic rings. The minimum absolute atomic E-state index is 0.755. The van der Waals surface area contributed by atoms with Crippen LogP contribution in [0.4, 0.5) is 5.69 Å². The molecule has 4 rings (SSSR count). The summed E-state index contributed by atoms with van der Waals surface area (Å²) in [5, 5.41) is 2.11. The van der Waals surface area contributed by atoms with Crippen molar-refractivity contribution in [2.75, 3.05) is 21.3 Å². The molecule has 0 aliphatic heterocycles. The van der Waals surface area contributed by atoms with Crippen molar-refractivity contribution in [1.29, 1.82) is 0 Å². The molecule has 32 heavy (non-hydrogen) atoms. The Labute approximate surface area is 191 Å². The first kappa shape index (κ1) is 21.6. The highest BCUT2D eigenvalue weighted by Crippen LogP contribution is 2.34. The topological polar surface area (TPSA) is 57.9 Å². The third kappa shape index (κ3) is 4.84. The molecule has 0 aliphatic carbocycles. The highest BCUT2D eigenvalue weighted by molar-refractivity contribution is 7.07. The number of thiazole rings is 1. The summed E-state index contributed by atoms with van der Waals surface area (Å²) >= 11 is 1.59. The molecule has 6 nitrogen and oxygen atoms in total. The van der Waals surface area contributed by atoms with Gasteiger partial charge in [-0.25, -0.2) is 4.99 Å². The zero-order valence-corrected chi connectivity index (χ0v) is 19.1. The van der Waals surface area contributed by atoms with Gasteiger partial charge in [-0.05, 0) is 54.4 Å². The average Bonchev–Trinajstić information content (AvgIpc) is 3.25. The zero-order chi connectivity index (χ0) is 22.3. The molecule has 0 unspecified atom stereocenters. The number of pyridine rings is 1. The van der Waals surface area contributed by atoms with Crippen molar-refractivity contribution >= 4 is 17.0 Å². The Morgan fingerprint density at radius 2 is 1.72 bits per heavy atom. The van der Waals surface area contributed by atoms with Crippen molar-refractivity contribution in [3.05, 3.63) is 82.7 Å². The second-order valence-corrected chi connectivity index (χ2v) is 7.88.